The minimum atomic E-state index is 0.000923. The predicted octanol–water partition coefficient (Wildman–Crippen LogP) is 4.65. The molecule has 0 fully saturated rings. The zero-order chi connectivity index (χ0) is 16.5. The van der Waals surface area contributed by atoms with Gasteiger partial charge >= 0.3 is 0 Å². The van der Waals surface area contributed by atoms with Crippen molar-refractivity contribution < 1.29 is 9.53 Å². The lowest BCUT2D eigenvalue weighted by Crippen LogP contribution is -2.15. The van der Waals surface area contributed by atoms with Crippen LogP contribution in [0.1, 0.15) is 12.5 Å². The molecular formula is C18H20ClNO2S. The molecule has 0 aromatic heterocycles. The smallest absolute Gasteiger partial charge is 0.234 e. The third-order valence-electron chi connectivity index (χ3n) is 3.17. The molecule has 23 heavy (non-hydrogen) atoms. The standard InChI is InChI=1S/C18H20ClNO2S/c1-2-14-6-5-7-15(12-14)20-18(21)13-23-11-10-22-17-9-4-3-8-16(17)19/h3-9,12H,2,10-11,13H2,1H3,(H,20,21). The number of hydrogen-bond acceptors (Lipinski definition) is 3. The molecule has 0 spiro atoms. The quantitative estimate of drug-likeness (QED) is 0.705. The number of ether oxygens (including phenoxy) is 1. The molecule has 0 atom stereocenters. The first kappa shape index (κ1) is 17.7. The molecule has 1 N–H and O–H groups in total. The van der Waals surface area contributed by atoms with Gasteiger partial charge < -0.3 is 10.1 Å². The average molecular weight is 350 g/mol. The highest BCUT2D eigenvalue weighted by Gasteiger charge is 2.04. The number of anilines is 1. The highest BCUT2D eigenvalue weighted by atomic mass is 35.5. The average Bonchev–Trinajstić information content (AvgIpc) is 2.56. The van der Waals surface area contributed by atoms with Crippen LogP contribution in [0.2, 0.25) is 5.02 Å². The van der Waals surface area contributed by atoms with Gasteiger partial charge in [0.05, 0.1) is 17.4 Å². The third-order valence-corrected chi connectivity index (χ3v) is 4.41. The van der Waals surface area contributed by atoms with E-state index in [2.05, 4.69) is 18.3 Å². The fourth-order valence-electron chi connectivity index (χ4n) is 2.00. The fourth-order valence-corrected chi connectivity index (χ4v) is 2.80. The number of rotatable bonds is 8. The van der Waals surface area contributed by atoms with Gasteiger partial charge in [0.15, 0.2) is 0 Å². The summed E-state index contributed by atoms with van der Waals surface area (Å²) < 4.78 is 5.58. The Kier molecular flexibility index (Phi) is 7.30. The van der Waals surface area contributed by atoms with E-state index in [0.29, 0.717) is 23.1 Å². The summed E-state index contributed by atoms with van der Waals surface area (Å²) in [6.07, 6.45) is 0.956. The second-order valence-electron chi connectivity index (χ2n) is 4.93. The Bertz CT molecular complexity index is 648. The number of thioether (sulfide) groups is 1. The summed E-state index contributed by atoms with van der Waals surface area (Å²) in [4.78, 5) is 11.9. The van der Waals surface area contributed by atoms with Crippen LogP contribution in [0.5, 0.6) is 5.75 Å². The highest BCUT2D eigenvalue weighted by Crippen LogP contribution is 2.23. The Hall–Kier alpha value is -1.65. The number of aryl methyl sites for hydroxylation is 1. The molecule has 0 bridgehead atoms. The molecule has 2 rings (SSSR count). The summed E-state index contributed by atoms with van der Waals surface area (Å²) in [5.41, 5.74) is 2.06. The van der Waals surface area contributed by atoms with Crippen molar-refractivity contribution in [2.45, 2.75) is 13.3 Å². The normalized spacial score (nSPS) is 10.3. The lowest BCUT2D eigenvalue weighted by molar-refractivity contribution is -0.113. The van der Waals surface area contributed by atoms with Gasteiger partial charge in [0, 0.05) is 11.4 Å². The zero-order valence-corrected chi connectivity index (χ0v) is 14.6. The molecule has 0 unspecified atom stereocenters. The van der Waals surface area contributed by atoms with Crippen molar-refractivity contribution in [2.75, 3.05) is 23.4 Å². The third kappa shape index (κ3) is 6.16. The molecular weight excluding hydrogens is 330 g/mol. The van der Waals surface area contributed by atoms with Gasteiger partial charge in [-0.2, -0.15) is 0 Å². The second-order valence-corrected chi connectivity index (χ2v) is 6.45. The van der Waals surface area contributed by atoms with Crippen molar-refractivity contribution >= 4 is 35.0 Å². The molecule has 3 nitrogen and oxygen atoms in total. The summed E-state index contributed by atoms with van der Waals surface area (Å²) >= 11 is 7.54. The van der Waals surface area contributed by atoms with E-state index >= 15 is 0 Å². The molecule has 122 valence electrons. The van der Waals surface area contributed by atoms with Crippen molar-refractivity contribution in [1.29, 1.82) is 0 Å². The topological polar surface area (TPSA) is 38.3 Å². The minimum Gasteiger partial charge on any atom is -0.491 e. The van der Waals surface area contributed by atoms with Gasteiger partial charge in [0.25, 0.3) is 0 Å². The molecule has 0 aliphatic carbocycles. The summed E-state index contributed by atoms with van der Waals surface area (Å²) in [6, 6.07) is 15.3. The lowest BCUT2D eigenvalue weighted by Gasteiger charge is -2.08. The van der Waals surface area contributed by atoms with Gasteiger partial charge in [-0.3, -0.25) is 4.79 Å². The number of nitrogens with one attached hydrogen (secondary N) is 1. The van der Waals surface area contributed by atoms with Gasteiger partial charge in [-0.25, -0.2) is 0 Å². The van der Waals surface area contributed by atoms with Crippen LogP contribution in [0.3, 0.4) is 0 Å². The minimum absolute atomic E-state index is 0.000923. The van der Waals surface area contributed by atoms with E-state index in [-0.39, 0.29) is 5.91 Å². The van der Waals surface area contributed by atoms with Gasteiger partial charge in [-0.05, 0) is 36.2 Å². The maximum absolute atomic E-state index is 11.9. The van der Waals surface area contributed by atoms with E-state index in [0.717, 1.165) is 17.9 Å². The van der Waals surface area contributed by atoms with E-state index in [1.807, 2.05) is 36.4 Å². The molecule has 2 aromatic carbocycles. The number of para-hydroxylation sites is 1. The van der Waals surface area contributed by atoms with Crippen LogP contribution in [-0.4, -0.2) is 24.0 Å². The van der Waals surface area contributed by atoms with Crippen molar-refractivity contribution in [3.05, 3.63) is 59.1 Å². The molecule has 0 aliphatic rings. The first-order valence-corrected chi connectivity index (χ1v) is 9.06. The van der Waals surface area contributed by atoms with Gasteiger partial charge in [0.1, 0.15) is 5.75 Å². The van der Waals surface area contributed by atoms with E-state index < -0.39 is 0 Å². The molecule has 0 saturated carbocycles. The van der Waals surface area contributed by atoms with E-state index in [4.69, 9.17) is 16.3 Å². The summed E-state index contributed by atoms with van der Waals surface area (Å²) in [6.45, 7) is 2.61. The molecule has 1 amide bonds. The molecule has 0 heterocycles. The molecule has 5 heteroatoms. The first-order valence-electron chi connectivity index (χ1n) is 7.53. The second kappa shape index (κ2) is 9.48. The molecule has 0 aliphatic heterocycles. The van der Waals surface area contributed by atoms with Gasteiger partial charge in [-0.15, -0.1) is 11.8 Å². The lowest BCUT2D eigenvalue weighted by atomic mass is 10.1. The number of carbonyl (C=O) groups excluding carboxylic acids is 1. The Morgan fingerprint density at radius 2 is 2.04 bits per heavy atom. The van der Waals surface area contributed by atoms with Crippen LogP contribution in [0.4, 0.5) is 5.69 Å². The van der Waals surface area contributed by atoms with Crippen molar-refractivity contribution in [3.8, 4) is 5.75 Å². The maximum atomic E-state index is 11.9. The Labute approximate surface area is 146 Å². The largest absolute Gasteiger partial charge is 0.491 e. The van der Waals surface area contributed by atoms with Crippen LogP contribution < -0.4 is 10.1 Å². The number of carbonyl (C=O) groups is 1. The van der Waals surface area contributed by atoms with E-state index in [1.54, 1.807) is 6.07 Å². The SMILES string of the molecule is CCc1cccc(NC(=O)CSCCOc2ccccc2Cl)c1. The fraction of sp³-hybridized carbons (Fsp3) is 0.278. The van der Waals surface area contributed by atoms with Crippen molar-refractivity contribution in [2.24, 2.45) is 0 Å². The van der Waals surface area contributed by atoms with Gasteiger partial charge in [0.2, 0.25) is 5.91 Å². The Balaban J connectivity index is 1.66. The van der Waals surface area contributed by atoms with Crippen molar-refractivity contribution in [1.82, 2.24) is 0 Å². The Morgan fingerprint density at radius 1 is 1.22 bits per heavy atom. The van der Waals surface area contributed by atoms with Crippen LogP contribution in [0.25, 0.3) is 0 Å². The van der Waals surface area contributed by atoms with Gasteiger partial charge in [-0.1, -0.05) is 42.8 Å². The molecule has 2 aromatic rings. The van der Waals surface area contributed by atoms with Crippen LogP contribution in [0, 0.1) is 0 Å². The van der Waals surface area contributed by atoms with Crippen LogP contribution in [-0.2, 0) is 11.2 Å². The summed E-state index contributed by atoms with van der Waals surface area (Å²) in [5, 5.41) is 3.52. The number of hydrogen-bond donors (Lipinski definition) is 1. The zero-order valence-electron chi connectivity index (χ0n) is 13.0. The van der Waals surface area contributed by atoms with Crippen LogP contribution >= 0.6 is 23.4 Å². The first-order chi connectivity index (χ1) is 11.2. The maximum Gasteiger partial charge on any atom is 0.234 e. The summed E-state index contributed by atoms with van der Waals surface area (Å²) in [5.74, 6) is 1.81. The number of amides is 1. The number of halogens is 1. The summed E-state index contributed by atoms with van der Waals surface area (Å²) in [7, 11) is 0. The Morgan fingerprint density at radius 3 is 2.83 bits per heavy atom. The molecule has 0 radical (unpaired) electrons. The highest BCUT2D eigenvalue weighted by molar-refractivity contribution is 7.99. The number of benzene rings is 2. The predicted molar refractivity (Wildman–Crippen MR) is 98.7 cm³/mol. The van der Waals surface area contributed by atoms with E-state index in [1.165, 1.54) is 17.3 Å². The van der Waals surface area contributed by atoms with E-state index in [9.17, 15) is 4.79 Å². The monoisotopic (exact) mass is 349 g/mol. The van der Waals surface area contributed by atoms with Crippen LogP contribution in [0.15, 0.2) is 48.5 Å². The molecule has 0 saturated heterocycles. The van der Waals surface area contributed by atoms with Crippen molar-refractivity contribution in [3.63, 3.8) is 0 Å².